The Balaban J connectivity index is 1.90. The number of hydrogen-bond acceptors (Lipinski definition) is 2. The van der Waals surface area contributed by atoms with Gasteiger partial charge in [0.1, 0.15) is 11.6 Å². The van der Waals surface area contributed by atoms with Crippen molar-refractivity contribution in [3.63, 3.8) is 0 Å². The summed E-state index contributed by atoms with van der Waals surface area (Å²) >= 11 is 6.01. The van der Waals surface area contributed by atoms with Crippen molar-refractivity contribution in [2.24, 2.45) is 0 Å². The van der Waals surface area contributed by atoms with E-state index in [4.69, 9.17) is 16.3 Å². The van der Waals surface area contributed by atoms with Crippen LogP contribution in [0.25, 0.3) is 0 Å². The first-order chi connectivity index (χ1) is 10.2. The van der Waals surface area contributed by atoms with Crippen molar-refractivity contribution in [3.8, 4) is 5.75 Å². The van der Waals surface area contributed by atoms with Crippen molar-refractivity contribution in [1.29, 1.82) is 0 Å². The number of halogens is 2. The Labute approximate surface area is 129 Å². The number of ether oxygens (including phenoxy) is 1. The predicted octanol–water partition coefficient (Wildman–Crippen LogP) is 5.27. The topological polar surface area (TPSA) is 21.3 Å². The molecule has 4 heteroatoms. The molecule has 0 fully saturated rings. The Kier molecular flexibility index (Phi) is 5.88. The number of benzene rings is 2. The summed E-state index contributed by atoms with van der Waals surface area (Å²) in [7, 11) is 0. The molecule has 0 aliphatic rings. The van der Waals surface area contributed by atoms with Crippen LogP contribution in [0.1, 0.15) is 25.3 Å². The molecule has 1 N–H and O–H groups in total. The lowest BCUT2D eigenvalue weighted by Crippen LogP contribution is -2.01. The number of nitrogens with one attached hydrogen (secondary N) is 1. The minimum Gasteiger partial charge on any atom is -0.494 e. The van der Waals surface area contributed by atoms with Gasteiger partial charge in [-0.1, -0.05) is 37.1 Å². The Morgan fingerprint density at radius 1 is 1.14 bits per heavy atom. The summed E-state index contributed by atoms with van der Waals surface area (Å²) in [6, 6.07) is 12.1. The highest BCUT2D eigenvalue weighted by molar-refractivity contribution is 6.33. The monoisotopic (exact) mass is 307 g/mol. The summed E-state index contributed by atoms with van der Waals surface area (Å²) in [6.07, 6.45) is 2.18. The largest absolute Gasteiger partial charge is 0.494 e. The third-order valence-electron chi connectivity index (χ3n) is 3.10. The number of anilines is 1. The normalized spacial score (nSPS) is 10.4. The summed E-state index contributed by atoms with van der Waals surface area (Å²) in [6.45, 7) is 3.46. The van der Waals surface area contributed by atoms with Gasteiger partial charge in [0.15, 0.2) is 0 Å². The molecule has 0 amide bonds. The molecule has 2 aromatic carbocycles. The van der Waals surface area contributed by atoms with Crippen LogP contribution in [-0.4, -0.2) is 6.61 Å². The number of hydrogen-bond donors (Lipinski definition) is 1. The lowest BCUT2D eigenvalue weighted by Gasteiger charge is -2.10. The third kappa shape index (κ3) is 4.94. The molecule has 0 atom stereocenters. The van der Waals surface area contributed by atoms with Crippen LogP contribution in [0.3, 0.4) is 0 Å². The second-order valence-electron chi connectivity index (χ2n) is 4.82. The number of unbranched alkanes of at least 4 members (excludes halogenated alkanes) is 1. The van der Waals surface area contributed by atoms with Crippen LogP contribution in [0.5, 0.6) is 5.75 Å². The van der Waals surface area contributed by atoms with Gasteiger partial charge >= 0.3 is 0 Å². The molecule has 2 rings (SSSR count). The smallest absolute Gasteiger partial charge is 0.125 e. The molecule has 2 nitrogen and oxygen atoms in total. The highest BCUT2D eigenvalue weighted by Crippen LogP contribution is 2.23. The van der Waals surface area contributed by atoms with E-state index in [1.807, 2.05) is 24.3 Å². The van der Waals surface area contributed by atoms with Gasteiger partial charge in [0.2, 0.25) is 0 Å². The van der Waals surface area contributed by atoms with Gasteiger partial charge in [-0.05, 0) is 42.3 Å². The van der Waals surface area contributed by atoms with Crippen LogP contribution < -0.4 is 10.1 Å². The molecule has 0 radical (unpaired) electrons. The minimum absolute atomic E-state index is 0.304. The molecule has 0 aromatic heterocycles. The van der Waals surface area contributed by atoms with Crippen LogP contribution in [0, 0.1) is 5.82 Å². The molecule has 112 valence electrons. The van der Waals surface area contributed by atoms with Gasteiger partial charge in [-0.25, -0.2) is 4.39 Å². The fourth-order valence-electron chi connectivity index (χ4n) is 1.87. The average molecular weight is 308 g/mol. The first-order valence-electron chi connectivity index (χ1n) is 7.09. The van der Waals surface area contributed by atoms with E-state index >= 15 is 0 Å². The summed E-state index contributed by atoms with van der Waals surface area (Å²) in [5, 5.41) is 3.64. The first-order valence-corrected chi connectivity index (χ1v) is 7.47. The Morgan fingerprint density at radius 2 is 1.90 bits per heavy atom. The summed E-state index contributed by atoms with van der Waals surface area (Å²) in [5.41, 5.74) is 1.68. The zero-order chi connectivity index (χ0) is 15.1. The van der Waals surface area contributed by atoms with Crippen LogP contribution >= 0.6 is 11.6 Å². The Morgan fingerprint density at radius 3 is 2.62 bits per heavy atom. The van der Waals surface area contributed by atoms with E-state index in [1.165, 1.54) is 12.1 Å². The van der Waals surface area contributed by atoms with Crippen molar-refractivity contribution < 1.29 is 9.13 Å². The fraction of sp³-hybridized carbons (Fsp3) is 0.294. The Bertz CT molecular complexity index is 572. The fourth-order valence-corrected chi connectivity index (χ4v) is 2.05. The first kappa shape index (κ1) is 15.6. The van der Waals surface area contributed by atoms with E-state index < -0.39 is 0 Å². The highest BCUT2D eigenvalue weighted by Gasteiger charge is 2.02. The zero-order valence-electron chi connectivity index (χ0n) is 12.0. The average Bonchev–Trinajstić information content (AvgIpc) is 2.50. The molecule has 0 unspecified atom stereocenters. The van der Waals surface area contributed by atoms with Crippen LogP contribution in [0.2, 0.25) is 5.02 Å². The molecule has 0 aliphatic heterocycles. The molecule has 0 saturated heterocycles. The molecule has 0 bridgehead atoms. The Hall–Kier alpha value is -1.74. The lowest BCUT2D eigenvalue weighted by molar-refractivity contribution is 0.309. The van der Waals surface area contributed by atoms with Crippen molar-refractivity contribution in [2.75, 3.05) is 11.9 Å². The summed E-state index contributed by atoms with van der Waals surface area (Å²) in [5.74, 6) is 0.567. The van der Waals surface area contributed by atoms with E-state index in [0.29, 0.717) is 17.3 Å². The molecule has 0 aliphatic carbocycles. The lowest BCUT2D eigenvalue weighted by atomic mass is 10.2. The maximum atomic E-state index is 13.2. The third-order valence-corrected chi connectivity index (χ3v) is 3.43. The van der Waals surface area contributed by atoms with Gasteiger partial charge in [0.05, 0.1) is 17.3 Å². The van der Waals surface area contributed by atoms with E-state index in [-0.39, 0.29) is 5.82 Å². The maximum absolute atomic E-state index is 13.2. The van der Waals surface area contributed by atoms with Gasteiger partial charge in [-0.2, -0.15) is 0 Å². The predicted molar refractivity (Wildman–Crippen MR) is 85.6 cm³/mol. The van der Waals surface area contributed by atoms with Gasteiger partial charge < -0.3 is 10.1 Å². The standard InChI is InChI=1S/C17H19ClFNO/c1-2-3-10-21-15-7-4-13(5-8-15)12-20-17-11-14(19)6-9-16(17)18/h4-9,11,20H,2-3,10,12H2,1H3. The van der Waals surface area contributed by atoms with Crippen molar-refractivity contribution >= 4 is 17.3 Å². The van der Waals surface area contributed by atoms with Crippen LogP contribution in [-0.2, 0) is 6.54 Å². The molecule has 0 heterocycles. The quantitative estimate of drug-likeness (QED) is 0.704. The highest BCUT2D eigenvalue weighted by atomic mass is 35.5. The molecule has 2 aromatic rings. The van der Waals surface area contributed by atoms with Crippen LogP contribution in [0.15, 0.2) is 42.5 Å². The van der Waals surface area contributed by atoms with Gasteiger partial charge in [-0.15, -0.1) is 0 Å². The van der Waals surface area contributed by atoms with Crippen molar-refractivity contribution in [3.05, 3.63) is 58.9 Å². The molecular formula is C17H19ClFNO. The minimum atomic E-state index is -0.304. The second kappa shape index (κ2) is 7.89. The SMILES string of the molecule is CCCCOc1ccc(CNc2cc(F)ccc2Cl)cc1. The van der Waals surface area contributed by atoms with E-state index in [9.17, 15) is 4.39 Å². The van der Waals surface area contributed by atoms with E-state index in [1.54, 1.807) is 6.07 Å². The molecule has 0 saturated carbocycles. The number of rotatable bonds is 7. The maximum Gasteiger partial charge on any atom is 0.125 e. The van der Waals surface area contributed by atoms with Crippen molar-refractivity contribution in [1.82, 2.24) is 0 Å². The van der Waals surface area contributed by atoms with E-state index in [0.717, 1.165) is 30.8 Å². The van der Waals surface area contributed by atoms with Gasteiger partial charge in [-0.3, -0.25) is 0 Å². The second-order valence-corrected chi connectivity index (χ2v) is 5.23. The molecular weight excluding hydrogens is 289 g/mol. The molecule has 0 spiro atoms. The molecule has 21 heavy (non-hydrogen) atoms. The zero-order valence-corrected chi connectivity index (χ0v) is 12.8. The van der Waals surface area contributed by atoms with E-state index in [2.05, 4.69) is 12.2 Å². The van der Waals surface area contributed by atoms with Gasteiger partial charge in [0.25, 0.3) is 0 Å². The van der Waals surface area contributed by atoms with Gasteiger partial charge in [0, 0.05) is 6.54 Å². The van der Waals surface area contributed by atoms with Crippen molar-refractivity contribution in [2.45, 2.75) is 26.3 Å². The van der Waals surface area contributed by atoms with Crippen LogP contribution in [0.4, 0.5) is 10.1 Å². The summed E-state index contributed by atoms with van der Waals surface area (Å²) < 4.78 is 18.8. The summed E-state index contributed by atoms with van der Waals surface area (Å²) in [4.78, 5) is 0.